The first-order valence-corrected chi connectivity index (χ1v) is 15.3. The molecule has 0 spiro atoms. The SMILES string of the molecule is CCn1c(Cc2ccc(OC)cc2)nnc1SCC(=O)Nc1sc2c(c1C(=O)NCc1ccccc1)CCCC2. The molecule has 1 aliphatic rings. The molecule has 0 unspecified atom stereocenters. The van der Waals surface area contributed by atoms with E-state index in [1.165, 1.54) is 28.0 Å². The number of aryl methyl sites for hydroxylation is 1. The molecule has 2 aromatic carbocycles. The number of aromatic nitrogens is 3. The van der Waals surface area contributed by atoms with Crippen molar-refractivity contribution in [2.45, 2.75) is 57.3 Å². The average molecular weight is 576 g/mol. The molecule has 0 aliphatic heterocycles. The Morgan fingerprint density at radius 2 is 1.80 bits per heavy atom. The zero-order chi connectivity index (χ0) is 27.9. The van der Waals surface area contributed by atoms with E-state index in [4.69, 9.17) is 4.74 Å². The highest BCUT2D eigenvalue weighted by molar-refractivity contribution is 7.99. The van der Waals surface area contributed by atoms with Gasteiger partial charge in [-0.2, -0.15) is 0 Å². The molecule has 5 rings (SSSR count). The molecule has 0 radical (unpaired) electrons. The summed E-state index contributed by atoms with van der Waals surface area (Å²) >= 11 is 2.89. The standard InChI is InChI=1S/C30H33N5O3S2/c1-3-35-25(17-20-13-15-22(38-2)16-14-20)33-34-30(35)39-19-26(36)32-29-27(23-11-7-8-12-24(23)40-29)28(37)31-18-21-9-5-4-6-10-21/h4-6,9-10,13-16H,3,7-8,11-12,17-19H2,1-2H3,(H,31,37)(H,32,36). The molecule has 8 nitrogen and oxygen atoms in total. The van der Waals surface area contributed by atoms with Gasteiger partial charge in [-0.1, -0.05) is 54.2 Å². The van der Waals surface area contributed by atoms with Gasteiger partial charge < -0.3 is 19.9 Å². The number of amides is 2. The Morgan fingerprint density at radius 1 is 1.02 bits per heavy atom. The Labute approximate surface area is 242 Å². The third-order valence-corrected chi connectivity index (χ3v) is 9.08. The van der Waals surface area contributed by atoms with Gasteiger partial charge in [0.1, 0.15) is 16.6 Å². The summed E-state index contributed by atoms with van der Waals surface area (Å²) in [5, 5.41) is 16.2. The van der Waals surface area contributed by atoms with Gasteiger partial charge in [0.05, 0.1) is 18.4 Å². The van der Waals surface area contributed by atoms with Crippen molar-refractivity contribution >= 4 is 39.9 Å². The molecule has 0 bridgehead atoms. The van der Waals surface area contributed by atoms with Crippen LogP contribution in [-0.4, -0.2) is 39.4 Å². The number of rotatable bonds is 11. The minimum atomic E-state index is -0.164. The van der Waals surface area contributed by atoms with Gasteiger partial charge in [-0.15, -0.1) is 21.5 Å². The van der Waals surface area contributed by atoms with Crippen LogP contribution in [0, 0.1) is 0 Å². The molecule has 10 heteroatoms. The molecule has 40 heavy (non-hydrogen) atoms. The Balaban J connectivity index is 1.25. The lowest BCUT2D eigenvalue weighted by atomic mass is 9.95. The van der Waals surface area contributed by atoms with Crippen LogP contribution in [0.1, 0.15) is 57.5 Å². The van der Waals surface area contributed by atoms with Crippen LogP contribution in [0.2, 0.25) is 0 Å². The molecular weight excluding hydrogens is 542 g/mol. The number of hydrogen-bond acceptors (Lipinski definition) is 7. The second-order valence-corrected chi connectivity index (χ2v) is 11.6. The normalized spacial score (nSPS) is 12.6. The lowest BCUT2D eigenvalue weighted by Crippen LogP contribution is -2.25. The number of benzene rings is 2. The summed E-state index contributed by atoms with van der Waals surface area (Å²) in [6.07, 6.45) is 4.60. The first kappa shape index (κ1) is 27.9. The van der Waals surface area contributed by atoms with E-state index < -0.39 is 0 Å². The van der Waals surface area contributed by atoms with Gasteiger partial charge in [0, 0.05) is 24.4 Å². The third-order valence-electron chi connectivity index (χ3n) is 6.91. The van der Waals surface area contributed by atoms with Gasteiger partial charge in [-0.25, -0.2) is 0 Å². The Kier molecular flexibility index (Phi) is 9.18. The lowest BCUT2D eigenvalue weighted by Gasteiger charge is -2.13. The number of fused-ring (bicyclic) bond motifs is 1. The summed E-state index contributed by atoms with van der Waals surface area (Å²) in [5.74, 6) is 1.53. The van der Waals surface area contributed by atoms with E-state index in [2.05, 4.69) is 20.8 Å². The number of nitrogens with zero attached hydrogens (tertiary/aromatic N) is 3. The maximum Gasteiger partial charge on any atom is 0.254 e. The van der Waals surface area contributed by atoms with Crippen molar-refractivity contribution in [2.75, 3.05) is 18.2 Å². The molecule has 2 aromatic heterocycles. The molecule has 2 heterocycles. The molecular formula is C30H33N5O3S2. The van der Waals surface area contributed by atoms with E-state index >= 15 is 0 Å². The van der Waals surface area contributed by atoms with Crippen molar-refractivity contribution in [3.63, 3.8) is 0 Å². The number of thioether (sulfide) groups is 1. The van der Waals surface area contributed by atoms with E-state index in [1.54, 1.807) is 7.11 Å². The third kappa shape index (κ3) is 6.56. The van der Waals surface area contributed by atoms with Crippen molar-refractivity contribution < 1.29 is 14.3 Å². The van der Waals surface area contributed by atoms with Gasteiger partial charge in [-0.3, -0.25) is 9.59 Å². The maximum atomic E-state index is 13.3. The number of thiophene rings is 1. The maximum absolute atomic E-state index is 13.3. The van der Waals surface area contributed by atoms with Crippen LogP contribution in [0.15, 0.2) is 59.8 Å². The van der Waals surface area contributed by atoms with Crippen molar-refractivity contribution in [1.82, 2.24) is 20.1 Å². The van der Waals surface area contributed by atoms with Crippen LogP contribution in [-0.2, 0) is 37.1 Å². The quantitative estimate of drug-likeness (QED) is 0.229. The van der Waals surface area contributed by atoms with Crippen LogP contribution >= 0.6 is 23.1 Å². The van der Waals surface area contributed by atoms with Crippen molar-refractivity contribution in [2.24, 2.45) is 0 Å². The van der Waals surface area contributed by atoms with Crippen LogP contribution in [0.3, 0.4) is 0 Å². The summed E-state index contributed by atoms with van der Waals surface area (Å²) in [6, 6.07) is 17.7. The first-order chi connectivity index (χ1) is 19.6. The second kappa shape index (κ2) is 13.1. The summed E-state index contributed by atoms with van der Waals surface area (Å²) in [4.78, 5) is 27.6. The minimum Gasteiger partial charge on any atom is -0.497 e. The average Bonchev–Trinajstić information content (AvgIpc) is 3.55. The predicted molar refractivity (Wildman–Crippen MR) is 159 cm³/mol. The number of nitrogens with one attached hydrogen (secondary N) is 2. The van der Waals surface area contributed by atoms with Crippen LogP contribution in [0.5, 0.6) is 5.75 Å². The van der Waals surface area contributed by atoms with Crippen molar-refractivity contribution in [1.29, 1.82) is 0 Å². The Morgan fingerprint density at radius 3 is 2.55 bits per heavy atom. The van der Waals surface area contributed by atoms with E-state index in [-0.39, 0.29) is 17.6 Å². The smallest absolute Gasteiger partial charge is 0.254 e. The summed E-state index contributed by atoms with van der Waals surface area (Å²) in [5.41, 5.74) is 3.84. The van der Waals surface area contributed by atoms with Gasteiger partial charge in [-0.05, 0) is 61.4 Å². The molecule has 208 valence electrons. The molecule has 0 atom stereocenters. The highest BCUT2D eigenvalue weighted by Gasteiger charge is 2.26. The summed E-state index contributed by atoms with van der Waals surface area (Å²) < 4.78 is 7.28. The van der Waals surface area contributed by atoms with E-state index in [1.807, 2.05) is 66.1 Å². The molecule has 4 aromatic rings. The fraction of sp³-hybridized carbons (Fsp3) is 0.333. The molecule has 2 N–H and O–H groups in total. The van der Waals surface area contributed by atoms with Crippen LogP contribution in [0.25, 0.3) is 0 Å². The van der Waals surface area contributed by atoms with Crippen molar-refractivity contribution in [3.8, 4) is 5.75 Å². The fourth-order valence-corrected chi connectivity index (χ4v) is 6.98. The highest BCUT2D eigenvalue weighted by Crippen LogP contribution is 2.38. The van der Waals surface area contributed by atoms with E-state index in [9.17, 15) is 9.59 Å². The topological polar surface area (TPSA) is 98.1 Å². The van der Waals surface area contributed by atoms with Gasteiger partial charge in [0.25, 0.3) is 5.91 Å². The van der Waals surface area contributed by atoms with Crippen LogP contribution < -0.4 is 15.4 Å². The van der Waals surface area contributed by atoms with Gasteiger partial charge >= 0.3 is 0 Å². The van der Waals surface area contributed by atoms with Crippen molar-refractivity contribution in [3.05, 3.63) is 87.6 Å². The zero-order valence-electron chi connectivity index (χ0n) is 22.7. The number of hydrogen-bond donors (Lipinski definition) is 2. The lowest BCUT2D eigenvalue weighted by molar-refractivity contribution is -0.113. The number of anilines is 1. The summed E-state index contributed by atoms with van der Waals surface area (Å²) in [7, 11) is 1.65. The second-order valence-electron chi connectivity index (χ2n) is 9.59. The number of carbonyl (C=O) groups is 2. The first-order valence-electron chi connectivity index (χ1n) is 13.5. The van der Waals surface area contributed by atoms with Crippen LogP contribution in [0.4, 0.5) is 5.00 Å². The molecule has 0 saturated heterocycles. The monoisotopic (exact) mass is 575 g/mol. The highest BCUT2D eigenvalue weighted by atomic mass is 32.2. The van der Waals surface area contributed by atoms with Gasteiger partial charge in [0.15, 0.2) is 5.16 Å². The summed E-state index contributed by atoms with van der Waals surface area (Å²) in [6.45, 7) is 3.19. The van der Waals surface area contributed by atoms with E-state index in [0.29, 0.717) is 35.2 Å². The molecule has 0 fully saturated rings. The number of methoxy groups -OCH3 is 1. The Hall–Kier alpha value is -3.63. The number of ether oxygens (including phenoxy) is 1. The Bertz CT molecular complexity index is 1460. The zero-order valence-corrected chi connectivity index (χ0v) is 24.4. The molecule has 0 saturated carbocycles. The fourth-order valence-electron chi connectivity index (χ4n) is 4.85. The largest absolute Gasteiger partial charge is 0.497 e. The molecule has 2 amide bonds. The minimum absolute atomic E-state index is 0.139. The predicted octanol–water partition coefficient (Wildman–Crippen LogP) is 5.50. The number of carbonyl (C=O) groups excluding carboxylic acids is 2. The van der Waals surface area contributed by atoms with E-state index in [0.717, 1.165) is 53.9 Å². The van der Waals surface area contributed by atoms with Gasteiger partial charge in [0.2, 0.25) is 5.91 Å². The molecule has 1 aliphatic carbocycles.